The van der Waals surface area contributed by atoms with Crippen LogP contribution in [0.4, 0.5) is 10.2 Å². The van der Waals surface area contributed by atoms with Gasteiger partial charge in [-0.05, 0) is 0 Å². The Kier molecular flexibility index (Phi) is 3.55. The van der Waals surface area contributed by atoms with Gasteiger partial charge in [-0.1, -0.05) is 6.08 Å². The van der Waals surface area contributed by atoms with Crippen molar-refractivity contribution in [3.63, 3.8) is 0 Å². The number of nitrogens with zero attached hydrogens (tertiary/aromatic N) is 4. The number of hydrogen-bond donors (Lipinski definition) is 3. The van der Waals surface area contributed by atoms with Crippen molar-refractivity contribution in [2.24, 2.45) is 5.92 Å². The Bertz CT molecular complexity index is 708. The average molecular weight is 309 g/mol. The normalized spacial score (nSPS) is 31.7. The van der Waals surface area contributed by atoms with Crippen LogP contribution >= 0.6 is 0 Å². The molecule has 3 rings (SSSR count). The molecule has 4 atom stereocenters. The Morgan fingerprint density at radius 3 is 2.91 bits per heavy atom. The van der Waals surface area contributed by atoms with E-state index < -0.39 is 37.1 Å². The molecule has 1 aliphatic rings. The number of fused-ring (bicyclic) bond motifs is 1. The lowest BCUT2D eigenvalue weighted by Gasteiger charge is -2.26. The van der Waals surface area contributed by atoms with E-state index in [0.717, 1.165) is 0 Å². The highest BCUT2D eigenvalue weighted by atomic mass is 19.1. The van der Waals surface area contributed by atoms with Crippen LogP contribution in [0, 0.1) is 5.92 Å². The highest BCUT2D eigenvalue weighted by Crippen LogP contribution is 2.43. The minimum absolute atomic E-state index is 0.191. The molecule has 0 aromatic carbocycles. The Morgan fingerprint density at radius 2 is 2.27 bits per heavy atom. The van der Waals surface area contributed by atoms with Crippen molar-refractivity contribution in [2.45, 2.75) is 17.9 Å². The quantitative estimate of drug-likeness (QED) is 0.669. The number of aliphatic hydroxyl groups excluding tert-OH is 2. The maximum Gasteiger partial charge on any atom is 0.167 e. The Balaban J connectivity index is 2.10. The summed E-state index contributed by atoms with van der Waals surface area (Å²) in [6.45, 7) is 2.19. The monoisotopic (exact) mass is 309 g/mol. The second kappa shape index (κ2) is 5.27. The third kappa shape index (κ3) is 1.90. The first kappa shape index (κ1) is 14.8. The van der Waals surface area contributed by atoms with Crippen molar-refractivity contribution < 1.29 is 19.3 Å². The number of anilines is 1. The zero-order chi connectivity index (χ0) is 15.9. The number of rotatable bonds is 4. The number of aliphatic hydroxyl groups is 2. The van der Waals surface area contributed by atoms with Crippen LogP contribution in [0.1, 0.15) is 6.23 Å². The summed E-state index contributed by atoms with van der Waals surface area (Å²) in [6, 6.07) is 0. The van der Waals surface area contributed by atoms with E-state index in [9.17, 15) is 14.6 Å². The van der Waals surface area contributed by atoms with Gasteiger partial charge in [-0.3, -0.25) is 8.96 Å². The first-order valence-corrected chi connectivity index (χ1v) is 6.67. The van der Waals surface area contributed by atoms with Crippen molar-refractivity contribution in [2.75, 3.05) is 19.0 Å². The molecule has 118 valence electrons. The summed E-state index contributed by atoms with van der Waals surface area (Å²) in [4.78, 5) is 12.0. The highest BCUT2D eigenvalue weighted by Gasteiger charge is 2.53. The molecule has 8 nitrogen and oxygen atoms in total. The fourth-order valence-electron chi connectivity index (χ4n) is 2.74. The Labute approximate surface area is 125 Å². The lowest BCUT2D eigenvalue weighted by molar-refractivity contribution is -0.0959. The van der Waals surface area contributed by atoms with Crippen LogP contribution in [0.25, 0.3) is 11.2 Å². The van der Waals surface area contributed by atoms with Gasteiger partial charge >= 0.3 is 0 Å². The van der Waals surface area contributed by atoms with Gasteiger partial charge < -0.3 is 20.7 Å². The van der Waals surface area contributed by atoms with Crippen LogP contribution in [0.15, 0.2) is 25.3 Å². The lowest BCUT2D eigenvalue weighted by Crippen LogP contribution is -2.43. The number of nitrogen functional groups attached to an aromatic ring is 1. The predicted molar refractivity (Wildman–Crippen MR) is 75.3 cm³/mol. The largest absolute Gasteiger partial charge is 0.393 e. The van der Waals surface area contributed by atoms with Crippen molar-refractivity contribution in [1.82, 2.24) is 19.5 Å². The van der Waals surface area contributed by atoms with Crippen molar-refractivity contribution in [3.05, 3.63) is 25.3 Å². The summed E-state index contributed by atoms with van der Waals surface area (Å²) in [5, 5.41) is 19.8. The number of alkyl halides is 1. The SMILES string of the molecule is C=C[C@]1(CO)O[C@H](n2cnc3c(N)ncnc32)[C@@H](CF)[C@@H]1O. The summed E-state index contributed by atoms with van der Waals surface area (Å²) in [6.07, 6.45) is 1.79. The number of nitrogens with two attached hydrogens (primary N) is 1. The molecule has 4 N–H and O–H groups in total. The molecule has 0 aliphatic carbocycles. The summed E-state index contributed by atoms with van der Waals surface area (Å²) >= 11 is 0. The molecule has 2 aromatic heterocycles. The van der Waals surface area contributed by atoms with Crippen LogP contribution in [0.2, 0.25) is 0 Å². The number of imidazole rings is 1. The van der Waals surface area contributed by atoms with E-state index in [0.29, 0.717) is 11.2 Å². The molecule has 0 saturated carbocycles. The number of hydrogen-bond acceptors (Lipinski definition) is 7. The van der Waals surface area contributed by atoms with Gasteiger partial charge in [0.15, 0.2) is 11.5 Å². The molecule has 9 heteroatoms. The molecule has 3 heterocycles. The van der Waals surface area contributed by atoms with Crippen LogP contribution in [-0.2, 0) is 4.74 Å². The van der Waals surface area contributed by atoms with E-state index in [1.807, 2.05) is 0 Å². The molecule has 1 aliphatic heterocycles. The van der Waals surface area contributed by atoms with Gasteiger partial charge in [-0.25, -0.2) is 15.0 Å². The molecule has 0 radical (unpaired) electrons. The molecule has 1 saturated heterocycles. The maximum atomic E-state index is 13.4. The second-order valence-corrected chi connectivity index (χ2v) is 5.17. The average Bonchev–Trinajstić information content (AvgIpc) is 3.07. The molecule has 2 aromatic rings. The first-order valence-electron chi connectivity index (χ1n) is 6.67. The fraction of sp³-hybridized carbons (Fsp3) is 0.462. The third-order valence-electron chi connectivity index (χ3n) is 4.04. The van der Waals surface area contributed by atoms with Gasteiger partial charge in [0.2, 0.25) is 0 Å². The number of aromatic nitrogens is 4. The summed E-state index contributed by atoms with van der Waals surface area (Å²) in [5.41, 5.74) is 5.01. The van der Waals surface area contributed by atoms with E-state index in [1.54, 1.807) is 0 Å². The molecular formula is C13H16FN5O3. The zero-order valence-electron chi connectivity index (χ0n) is 11.6. The van der Waals surface area contributed by atoms with Gasteiger partial charge in [0.25, 0.3) is 0 Å². The highest BCUT2D eigenvalue weighted by molar-refractivity contribution is 5.81. The van der Waals surface area contributed by atoms with Gasteiger partial charge in [-0.15, -0.1) is 6.58 Å². The Morgan fingerprint density at radius 1 is 1.50 bits per heavy atom. The van der Waals surface area contributed by atoms with E-state index in [-0.39, 0.29) is 5.82 Å². The molecule has 0 amide bonds. The molecule has 0 unspecified atom stereocenters. The second-order valence-electron chi connectivity index (χ2n) is 5.17. The van der Waals surface area contributed by atoms with E-state index >= 15 is 0 Å². The van der Waals surface area contributed by atoms with E-state index in [4.69, 9.17) is 10.5 Å². The van der Waals surface area contributed by atoms with Gasteiger partial charge in [-0.2, -0.15) is 0 Å². The van der Waals surface area contributed by atoms with Crippen LogP contribution < -0.4 is 5.73 Å². The van der Waals surface area contributed by atoms with Gasteiger partial charge in [0.1, 0.15) is 23.7 Å². The molecule has 1 fully saturated rings. The summed E-state index contributed by atoms with van der Waals surface area (Å²) < 4.78 is 20.6. The Hall–Kier alpha value is -2.10. The van der Waals surface area contributed by atoms with E-state index in [2.05, 4.69) is 21.5 Å². The molecule has 22 heavy (non-hydrogen) atoms. The minimum atomic E-state index is -1.43. The third-order valence-corrected chi connectivity index (χ3v) is 4.04. The van der Waals surface area contributed by atoms with Crippen molar-refractivity contribution in [1.29, 1.82) is 0 Å². The van der Waals surface area contributed by atoms with Crippen LogP contribution in [0.5, 0.6) is 0 Å². The smallest absolute Gasteiger partial charge is 0.167 e. The molecule has 0 bridgehead atoms. The van der Waals surface area contributed by atoms with Crippen molar-refractivity contribution in [3.8, 4) is 0 Å². The first-order chi connectivity index (χ1) is 10.6. The van der Waals surface area contributed by atoms with Gasteiger partial charge in [0.05, 0.1) is 31.6 Å². The van der Waals surface area contributed by atoms with Gasteiger partial charge in [0, 0.05) is 0 Å². The molecule has 0 spiro atoms. The van der Waals surface area contributed by atoms with Crippen LogP contribution in [0.3, 0.4) is 0 Å². The molecular weight excluding hydrogens is 293 g/mol. The standard InChI is InChI=1S/C13H16FN5O3/c1-2-13(4-20)9(21)7(3-14)12(22-13)19-6-18-8-10(15)16-5-17-11(8)19/h2,5-7,9,12,20-21H,1,3-4H2,(H2,15,16,17)/t7-,9-,12-,13+/m0/s1. The summed E-state index contributed by atoms with van der Waals surface area (Å²) in [7, 11) is 0. The topological polar surface area (TPSA) is 119 Å². The zero-order valence-corrected chi connectivity index (χ0v) is 11.6. The van der Waals surface area contributed by atoms with E-state index in [1.165, 1.54) is 23.3 Å². The number of halogens is 1. The maximum absolute atomic E-state index is 13.4. The van der Waals surface area contributed by atoms with Crippen LogP contribution in [-0.4, -0.2) is 54.7 Å². The number of ether oxygens (including phenoxy) is 1. The lowest BCUT2D eigenvalue weighted by atomic mass is 9.91. The predicted octanol–water partition coefficient (Wildman–Crippen LogP) is -0.199. The van der Waals surface area contributed by atoms with Crippen molar-refractivity contribution >= 4 is 17.0 Å². The summed E-state index contributed by atoms with van der Waals surface area (Å²) in [5.74, 6) is -0.713. The minimum Gasteiger partial charge on any atom is -0.393 e. The fourth-order valence-corrected chi connectivity index (χ4v) is 2.74.